The lowest BCUT2D eigenvalue weighted by Crippen LogP contribution is -1.96. The van der Waals surface area contributed by atoms with Crippen LogP contribution in [0.4, 0.5) is 0 Å². The highest BCUT2D eigenvalue weighted by molar-refractivity contribution is 5.39. The first kappa shape index (κ1) is 28.4. The summed E-state index contributed by atoms with van der Waals surface area (Å²) in [6.45, 7) is 25.1. The molecule has 0 radical (unpaired) electrons. The second kappa shape index (κ2) is 24.3. The Labute approximate surface area is 137 Å². The second-order valence-corrected chi connectivity index (χ2v) is 4.06. The first-order valence-corrected chi connectivity index (χ1v) is 9.20. The van der Waals surface area contributed by atoms with Gasteiger partial charge in [-0.3, -0.25) is 0 Å². The minimum absolute atomic E-state index is 1.15. The number of benzene rings is 1. The zero-order chi connectivity index (χ0) is 17.8. The molecule has 0 aromatic heterocycles. The van der Waals surface area contributed by atoms with Gasteiger partial charge < -0.3 is 0 Å². The van der Waals surface area contributed by atoms with Crippen LogP contribution in [0, 0.1) is 13.8 Å². The van der Waals surface area contributed by atoms with Gasteiger partial charge in [0.15, 0.2) is 0 Å². The van der Waals surface area contributed by atoms with Crippen LogP contribution >= 0.6 is 0 Å². The van der Waals surface area contributed by atoms with E-state index in [-0.39, 0.29) is 0 Å². The molecule has 0 aliphatic heterocycles. The van der Waals surface area contributed by atoms with Crippen molar-refractivity contribution in [1.29, 1.82) is 0 Å². The van der Waals surface area contributed by atoms with E-state index in [0.29, 0.717) is 0 Å². The zero-order valence-corrected chi connectivity index (χ0v) is 17.3. The molecular formula is C21H44. The van der Waals surface area contributed by atoms with Crippen molar-refractivity contribution in [3.05, 3.63) is 34.4 Å². The zero-order valence-electron chi connectivity index (χ0n) is 17.3. The van der Waals surface area contributed by atoms with E-state index in [2.05, 4.69) is 53.7 Å². The van der Waals surface area contributed by atoms with E-state index in [1.807, 2.05) is 41.5 Å². The third-order valence-electron chi connectivity index (χ3n) is 2.68. The van der Waals surface area contributed by atoms with Crippen molar-refractivity contribution in [1.82, 2.24) is 0 Å². The largest absolute Gasteiger partial charge is 0.0683 e. The van der Waals surface area contributed by atoms with Gasteiger partial charge in [0.1, 0.15) is 0 Å². The van der Waals surface area contributed by atoms with Crippen molar-refractivity contribution in [3.63, 3.8) is 0 Å². The molecule has 0 aliphatic rings. The molecule has 0 heteroatoms. The summed E-state index contributed by atoms with van der Waals surface area (Å²) in [5.74, 6) is 0. The van der Waals surface area contributed by atoms with Crippen molar-refractivity contribution in [2.45, 2.75) is 102 Å². The Morgan fingerprint density at radius 2 is 1.05 bits per heavy atom. The highest BCUT2D eigenvalue weighted by Gasteiger charge is 2.03. The lowest BCUT2D eigenvalue weighted by atomic mass is 9.95. The predicted molar refractivity (Wildman–Crippen MR) is 105 cm³/mol. The Morgan fingerprint density at radius 1 is 0.667 bits per heavy atom. The van der Waals surface area contributed by atoms with Crippen LogP contribution in [0.1, 0.15) is 97.9 Å². The fourth-order valence-corrected chi connectivity index (χ4v) is 1.87. The maximum atomic E-state index is 2.25. The maximum Gasteiger partial charge on any atom is -0.0302 e. The van der Waals surface area contributed by atoms with Gasteiger partial charge in [-0.15, -0.1) is 0 Å². The molecule has 0 amide bonds. The van der Waals surface area contributed by atoms with E-state index >= 15 is 0 Å². The molecule has 0 unspecified atom stereocenters. The normalized spacial score (nSPS) is 7.62. The molecule has 0 aliphatic carbocycles. The number of hydrogen-bond donors (Lipinski definition) is 0. The highest BCUT2D eigenvalue weighted by Crippen LogP contribution is 2.18. The maximum absolute atomic E-state index is 2.25. The third-order valence-corrected chi connectivity index (χ3v) is 2.68. The lowest BCUT2D eigenvalue weighted by molar-refractivity contribution is 1.03. The monoisotopic (exact) mass is 296 g/mol. The highest BCUT2D eigenvalue weighted by atomic mass is 14.1. The Morgan fingerprint density at radius 3 is 1.33 bits per heavy atom. The topological polar surface area (TPSA) is 0 Å². The molecule has 128 valence electrons. The minimum atomic E-state index is 1.15. The van der Waals surface area contributed by atoms with Crippen molar-refractivity contribution >= 4 is 0 Å². The van der Waals surface area contributed by atoms with Crippen LogP contribution in [0.5, 0.6) is 0 Å². The van der Waals surface area contributed by atoms with Gasteiger partial charge in [0, 0.05) is 0 Å². The Hall–Kier alpha value is -0.780. The van der Waals surface area contributed by atoms with Crippen molar-refractivity contribution in [2.24, 2.45) is 0 Å². The Balaban J connectivity index is -0.000000136. The third kappa shape index (κ3) is 13.9. The summed E-state index contributed by atoms with van der Waals surface area (Å²) in [6, 6.07) is 4.49. The van der Waals surface area contributed by atoms with Gasteiger partial charge in [-0.25, -0.2) is 0 Å². The molecule has 0 heterocycles. The summed E-state index contributed by atoms with van der Waals surface area (Å²) in [4.78, 5) is 0. The lowest BCUT2D eigenvalue weighted by Gasteiger charge is -2.11. The molecule has 21 heavy (non-hydrogen) atoms. The summed E-state index contributed by atoms with van der Waals surface area (Å²) in [5, 5.41) is 0. The molecule has 1 rings (SSSR count). The van der Waals surface area contributed by atoms with Crippen LogP contribution < -0.4 is 0 Å². The summed E-state index contributed by atoms with van der Waals surface area (Å²) >= 11 is 0. The van der Waals surface area contributed by atoms with Gasteiger partial charge in [0.25, 0.3) is 0 Å². The van der Waals surface area contributed by atoms with Gasteiger partial charge in [-0.05, 0) is 48.9 Å². The molecule has 0 N–H and O–H groups in total. The van der Waals surface area contributed by atoms with Gasteiger partial charge >= 0.3 is 0 Å². The van der Waals surface area contributed by atoms with Gasteiger partial charge in [0.2, 0.25) is 0 Å². The first-order valence-electron chi connectivity index (χ1n) is 9.20. The van der Waals surface area contributed by atoms with E-state index in [1.54, 1.807) is 0 Å². The quantitative estimate of drug-likeness (QED) is 0.520. The van der Waals surface area contributed by atoms with Crippen LogP contribution in [-0.4, -0.2) is 0 Å². The molecule has 1 aromatic carbocycles. The average molecular weight is 297 g/mol. The molecule has 0 spiro atoms. The van der Waals surface area contributed by atoms with E-state index in [0.717, 1.165) is 12.8 Å². The van der Waals surface area contributed by atoms with Crippen molar-refractivity contribution in [2.75, 3.05) is 0 Å². The van der Waals surface area contributed by atoms with Crippen LogP contribution in [0.2, 0.25) is 0 Å². The average Bonchev–Trinajstić information content (AvgIpc) is 2.55. The summed E-state index contributed by atoms with van der Waals surface area (Å²) in [5.41, 5.74) is 5.97. The van der Waals surface area contributed by atoms with Crippen LogP contribution in [0.15, 0.2) is 12.1 Å². The summed E-state index contributed by atoms with van der Waals surface area (Å²) in [7, 11) is 0. The van der Waals surface area contributed by atoms with Gasteiger partial charge in [0.05, 0.1) is 0 Å². The second-order valence-electron chi connectivity index (χ2n) is 4.06. The van der Waals surface area contributed by atoms with E-state index in [1.165, 1.54) is 28.7 Å². The molecule has 0 saturated carbocycles. The molecular weight excluding hydrogens is 252 g/mol. The predicted octanol–water partition coefficient (Wildman–Crippen LogP) is 7.92. The number of hydrogen-bond acceptors (Lipinski definition) is 0. The molecule has 0 fully saturated rings. The standard InChI is InChI=1S/C12H18.C3H8.3C2H6/c1-5-11-8-7-9(3)12(6-2)10(11)4;1-3-2;3*1-2/h7-8H,5-6H2,1-4H3;3H2,1-2H3;3*1-2H3. The van der Waals surface area contributed by atoms with Crippen molar-refractivity contribution < 1.29 is 0 Å². The Kier molecular flexibility index (Phi) is 32.8. The molecule has 0 nitrogen and oxygen atoms in total. The van der Waals surface area contributed by atoms with E-state index < -0.39 is 0 Å². The number of rotatable bonds is 2. The van der Waals surface area contributed by atoms with Crippen LogP contribution in [0.25, 0.3) is 0 Å². The summed E-state index contributed by atoms with van der Waals surface area (Å²) in [6.07, 6.45) is 3.56. The fourth-order valence-electron chi connectivity index (χ4n) is 1.87. The SMILES string of the molecule is CC.CC.CC.CCC.CCc1ccc(C)c(CC)c1C. The molecule has 1 aromatic rings. The minimum Gasteiger partial charge on any atom is -0.0683 e. The smallest absolute Gasteiger partial charge is 0.0302 e. The van der Waals surface area contributed by atoms with E-state index in [9.17, 15) is 0 Å². The molecule has 0 saturated heterocycles. The van der Waals surface area contributed by atoms with Crippen LogP contribution in [0.3, 0.4) is 0 Å². The summed E-state index contributed by atoms with van der Waals surface area (Å²) < 4.78 is 0. The first-order chi connectivity index (χ1) is 10.1. The van der Waals surface area contributed by atoms with E-state index in [4.69, 9.17) is 0 Å². The fraction of sp³-hybridized carbons (Fsp3) is 0.714. The number of aryl methyl sites for hydroxylation is 2. The van der Waals surface area contributed by atoms with Crippen molar-refractivity contribution in [3.8, 4) is 0 Å². The molecule has 0 atom stereocenters. The van der Waals surface area contributed by atoms with Gasteiger partial charge in [-0.1, -0.05) is 87.8 Å². The van der Waals surface area contributed by atoms with Crippen LogP contribution in [-0.2, 0) is 12.8 Å². The Bertz CT molecular complexity index is 284. The molecule has 0 bridgehead atoms. The van der Waals surface area contributed by atoms with Gasteiger partial charge in [-0.2, -0.15) is 0 Å².